The van der Waals surface area contributed by atoms with E-state index in [1.807, 2.05) is 18.2 Å². The molecule has 1 aromatic rings. The normalized spacial score (nSPS) is 33.1. The predicted molar refractivity (Wildman–Crippen MR) is 58.8 cm³/mol. The van der Waals surface area contributed by atoms with Gasteiger partial charge in [-0.3, -0.25) is 4.79 Å². The van der Waals surface area contributed by atoms with E-state index in [0.29, 0.717) is 17.5 Å². The fraction of sp³-hybridized carbons (Fsp3) is 0.364. The molecule has 3 unspecified atom stereocenters. The van der Waals surface area contributed by atoms with Gasteiger partial charge in [0.25, 0.3) is 0 Å². The lowest BCUT2D eigenvalue weighted by atomic mass is 10.2. The lowest BCUT2D eigenvalue weighted by Crippen LogP contribution is -2.33. The molecule has 1 aliphatic heterocycles. The van der Waals surface area contributed by atoms with E-state index in [2.05, 4.69) is 0 Å². The van der Waals surface area contributed by atoms with Gasteiger partial charge in [-0.1, -0.05) is 23.7 Å². The molecule has 1 saturated carbocycles. The van der Waals surface area contributed by atoms with Crippen LogP contribution in [0, 0.1) is 11.8 Å². The van der Waals surface area contributed by atoms with Crippen LogP contribution in [0.2, 0.25) is 5.02 Å². The number of carbonyl (C=O) groups is 1. The molecule has 3 atom stereocenters. The molecular weight excluding hydrogens is 212 g/mol. The van der Waals surface area contributed by atoms with Gasteiger partial charge in [-0.25, -0.2) is 0 Å². The highest BCUT2D eigenvalue weighted by atomic mass is 35.5. The summed E-state index contributed by atoms with van der Waals surface area (Å²) in [5.41, 5.74) is 6.57. The molecule has 1 heterocycles. The minimum atomic E-state index is 0.0428. The smallest absolute Gasteiger partial charge is 0.232 e. The van der Waals surface area contributed by atoms with Gasteiger partial charge < -0.3 is 10.6 Å². The maximum Gasteiger partial charge on any atom is 0.232 e. The van der Waals surface area contributed by atoms with Gasteiger partial charge in [0.05, 0.1) is 16.6 Å². The van der Waals surface area contributed by atoms with Crippen molar-refractivity contribution >= 4 is 23.2 Å². The van der Waals surface area contributed by atoms with Gasteiger partial charge in [0, 0.05) is 18.5 Å². The molecule has 1 aromatic carbocycles. The Balaban J connectivity index is 1.92. The summed E-state index contributed by atoms with van der Waals surface area (Å²) in [6.07, 6.45) is 0. The third kappa shape index (κ3) is 1.20. The summed E-state index contributed by atoms with van der Waals surface area (Å²) in [6, 6.07) is 7.50. The van der Waals surface area contributed by atoms with Gasteiger partial charge in [0.15, 0.2) is 0 Å². The zero-order valence-corrected chi connectivity index (χ0v) is 8.82. The third-order valence-corrected chi connectivity index (χ3v) is 3.64. The topological polar surface area (TPSA) is 46.3 Å². The highest BCUT2D eigenvalue weighted by Crippen LogP contribution is 2.47. The Morgan fingerprint density at radius 3 is 2.73 bits per heavy atom. The molecule has 0 bridgehead atoms. The molecule has 2 aliphatic rings. The number of carbonyl (C=O) groups excluding carboxylic acids is 1. The van der Waals surface area contributed by atoms with Crippen LogP contribution in [-0.2, 0) is 4.79 Å². The first-order valence-electron chi connectivity index (χ1n) is 5.01. The van der Waals surface area contributed by atoms with Crippen molar-refractivity contribution in [2.24, 2.45) is 17.6 Å². The van der Waals surface area contributed by atoms with Crippen LogP contribution >= 0.6 is 11.6 Å². The number of nitrogens with two attached hydrogens (primary N) is 1. The van der Waals surface area contributed by atoms with Gasteiger partial charge in [-0.15, -0.1) is 0 Å². The van der Waals surface area contributed by atoms with Crippen LogP contribution in [0.1, 0.15) is 0 Å². The number of hydrogen-bond acceptors (Lipinski definition) is 2. The fourth-order valence-corrected chi connectivity index (χ4v) is 2.59. The van der Waals surface area contributed by atoms with Crippen LogP contribution in [0.4, 0.5) is 5.69 Å². The Kier molecular flexibility index (Phi) is 1.82. The molecule has 3 nitrogen and oxygen atoms in total. The first-order chi connectivity index (χ1) is 7.20. The molecule has 2 N–H and O–H groups in total. The summed E-state index contributed by atoms with van der Waals surface area (Å²) in [4.78, 5) is 13.6. The molecule has 1 saturated heterocycles. The van der Waals surface area contributed by atoms with Crippen molar-refractivity contribution < 1.29 is 4.79 Å². The zero-order valence-electron chi connectivity index (χ0n) is 8.06. The first kappa shape index (κ1) is 9.19. The van der Waals surface area contributed by atoms with E-state index < -0.39 is 0 Å². The number of benzene rings is 1. The minimum absolute atomic E-state index is 0.0428. The summed E-state index contributed by atoms with van der Waals surface area (Å²) in [5.74, 6) is 0.510. The van der Waals surface area contributed by atoms with Crippen molar-refractivity contribution in [1.82, 2.24) is 0 Å². The van der Waals surface area contributed by atoms with E-state index in [0.717, 1.165) is 5.69 Å². The number of para-hydroxylation sites is 1. The molecule has 3 rings (SSSR count). The summed E-state index contributed by atoms with van der Waals surface area (Å²) < 4.78 is 0. The molecular formula is C11H11ClN2O. The SMILES string of the molecule is NC1C2CN(c3ccccc3Cl)C(=O)C12. The standard InChI is InChI=1S/C11H11ClN2O/c12-7-3-1-2-4-8(7)14-5-6-9(10(6)13)11(14)15/h1-4,6,9-10H,5,13H2. The van der Waals surface area contributed by atoms with Crippen LogP contribution in [0.15, 0.2) is 24.3 Å². The van der Waals surface area contributed by atoms with Gasteiger partial charge >= 0.3 is 0 Å². The number of anilines is 1. The lowest BCUT2D eigenvalue weighted by molar-refractivity contribution is -0.118. The average Bonchev–Trinajstić information content (AvgIpc) is 2.70. The van der Waals surface area contributed by atoms with Crippen molar-refractivity contribution in [2.75, 3.05) is 11.4 Å². The Morgan fingerprint density at radius 2 is 2.13 bits per heavy atom. The summed E-state index contributed by atoms with van der Waals surface area (Å²) in [6.45, 7) is 0.717. The fourth-order valence-electron chi connectivity index (χ4n) is 2.35. The number of hydrogen-bond donors (Lipinski definition) is 1. The lowest BCUT2D eigenvalue weighted by Gasteiger charge is -2.20. The number of fused-ring (bicyclic) bond motifs is 1. The Morgan fingerprint density at radius 1 is 1.40 bits per heavy atom. The number of amides is 1. The largest absolute Gasteiger partial charge is 0.327 e. The molecule has 0 radical (unpaired) electrons. The summed E-state index contributed by atoms with van der Waals surface area (Å²) in [5, 5.41) is 0.626. The van der Waals surface area contributed by atoms with Gasteiger partial charge in [0.2, 0.25) is 5.91 Å². The molecule has 0 spiro atoms. The number of nitrogens with zero attached hydrogens (tertiary/aromatic N) is 1. The van der Waals surface area contributed by atoms with E-state index in [1.165, 1.54) is 0 Å². The Bertz CT molecular complexity index is 434. The Hall–Kier alpha value is -1.06. The van der Waals surface area contributed by atoms with E-state index >= 15 is 0 Å². The molecule has 15 heavy (non-hydrogen) atoms. The quantitative estimate of drug-likeness (QED) is 0.778. The predicted octanol–water partition coefficient (Wildman–Crippen LogP) is 1.26. The van der Waals surface area contributed by atoms with Gasteiger partial charge in [-0.05, 0) is 12.1 Å². The van der Waals surface area contributed by atoms with Crippen LogP contribution in [-0.4, -0.2) is 18.5 Å². The number of piperidine rings is 1. The van der Waals surface area contributed by atoms with Gasteiger partial charge in [-0.2, -0.15) is 0 Å². The summed E-state index contributed by atoms with van der Waals surface area (Å²) in [7, 11) is 0. The van der Waals surface area contributed by atoms with Crippen LogP contribution in [0.5, 0.6) is 0 Å². The highest BCUT2D eigenvalue weighted by Gasteiger charge is 2.60. The second-order valence-electron chi connectivity index (χ2n) is 4.17. The molecule has 1 aliphatic carbocycles. The van der Waals surface area contributed by atoms with E-state index in [9.17, 15) is 4.79 Å². The van der Waals surface area contributed by atoms with Crippen LogP contribution in [0.25, 0.3) is 0 Å². The van der Waals surface area contributed by atoms with Crippen molar-refractivity contribution in [1.29, 1.82) is 0 Å². The van der Waals surface area contributed by atoms with Crippen LogP contribution < -0.4 is 10.6 Å². The third-order valence-electron chi connectivity index (χ3n) is 3.32. The van der Waals surface area contributed by atoms with Crippen LogP contribution in [0.3, 0.4) is 0 Å². The second-order valence-corrected chi connectivity index (χ2v) is 4.57. The number of rotatable bonds is 1. The van der Waals surface area contributed by atoms with Crippen molar-refractivity contribution in [3.63, 3.8) is 0 Å². The van der Waals surface area contributed by atoms with Crippen molar-refractivity contribution in [2.45, 2.75) is 6.04 Å². The summed E-state index contributed by atoms with van der Waals surface area (Å²) >= 11 is 6.04. The molecule has 78 valence electrons. The second kappa shape index (κ2) is 2.97. The number of halogens is 1. The van der Waals surface area contributed by atoms with Gasteiger partial charge in [0.1, 0.15) is 0 Å². The molecule has 4 heteroatoms. The average molecular weight is 223 g/mol. The highest BCUT2D eigenvalue weighted by molar-refractivity contribution is 6.34. The molecule has 0 aromatic heterocycles. The van der Waals surface area contributed by atoms with E-state index in [-0.39, 0.29) is 17.9 Å². The van der Waals surface area contributed by atoms with E-state index in [1.54, 1.807) is 11.0 Å². The van der Waals surface area contributed by atoms with Crippen molar-refractivity contribution in [3.05, 3.63) is 29.3 Å². The monoisotopic (exact) mass is 222 g/mol. The van der Waals surface area contributed by atoms with E-state index in [4.69, 9.17) is 17.3 Å². The maximum atomic E-state index is 11.9. The minimum Gasteiger partial charge on any atom is -0.327 e. The first-order valence-corrected chi connectivity index (χ1v) is 5.39. The maximum absolute atomic E-state index is 11.9. The molecule has 1 amide bonds. The Labute approximate surface area is 92.8 Å². The molecule has 2 fully saturated rings. The van der Waals surface area contributed by atoms with Crippen molar-refractivity contribution in [3.8, 4) is 0 Å². The zero-order chi connectivity index (χ0) is 10.6.